The summed E-state index contributed by atoms with van der Waals surface area (Å²) in [6.45, 7) is 0. The number of nitrogen functional groups attached to an aromatic ring is 1. The van der Waals surface area contributed by atoms with E-state index in [1.54, 1.807) is 19.0 Å². The molecule has 6 heteroatoms. The van der Waals surface area contributed by atoms with Gasteiger partial charge in [-0.25, -0.2) is 4.98 Å². The number of rotatable bonds is 4. The molecule has 0 radical (unpaired) electrons. The average molecular weight is 325 g/mol. The van der Waals surface area contributed by atoms with Crippen molar-refractivity contribution in [3.05, 3.63) is 47.2 Å². The van der Waals surface area contributed by atoms with Crippen LogP contribution in [0.15, 0.2) is 30.3 Å². The summed E-state index contributed by atoms with van der Waals surface area (Å²) in [4.78, 5) is 23.0. The van der Waals surface area contributed by atoms with Crippen molar-refractivity contribution in [3.63, 3.8) is 0 Å². The van der Waals surface area contributed by atoms with Crippen molar-refractivity contribution in [3.8, 4) is 0 Å². The van der Waals surface area contributed by atoms with Gasteiger partial charge < -0.3 is 16.0 Å². The molecule has 1 aromatic heterocycles. The molecule has 1 atom stereocenters. The molecular weight excluding hydrogens is 302 g/mol. The van der Waals surface area contributed by atoms with Crippen molar-refractivity contribution >= 4 is 17.7 Å². The number of nitrogens with two attached hydrogens (primary N) is 1. The molecule has 0 bridgehead atoms. The Kier molecular flexibility index (Phi) is 4.64. The van der Waals surface area contributed by atoms with Crippen molar-refractivity contribution in [1.29, 1.82) is 0 Å². The van der Waals surface area contributed by atoms with Gasteiger partial charge in [-0.05, 0) is 31.2 Å². The van der Waals surface area contributed by atoms with Crippen LogP contribution >= 0.6 is 0 Å². The monoisotopic (exact) mass is 325 g/mol. The molecule has 2 aromatic rings. The van der Waals surface area contributed by atoms with Crippen LogP contribution in [0.5, 0.6) is 0 Å². The number of benzene rings is 1. The van der Waals surface area contributed by atoms with E-state index >= 15 is 0 Å². The smallest absolute Gasteiger partial charge is 0.249 e. The molecule has 1 aliphatic carbocycles. The summed E-state index contributed by atoms with van der Waals surface area (Å²) in [5.41, 5.74) is 8.86. The predicted molar refractivity (Wildman–Crippen MR) is 94.6 cm³/mol. The number of amides is 1. The van der Waals surface area contributed by atoms with E-state index in [1.807, 2.05) is 30.3 Å². The molecule has 1 unspecified atom stereocenters. The third kappa shape index (κ3) is 3.32. The summed E-state index contributed by atoms with van der Waals surface area (Å²) < 4.78 is 0. The van der Waals surface area contributed by atoms with Crippen LogP contribution in [0.3, 0.4) is 0 Å². The Morgan fingerprint density at radius 1 is 1.17 bits per heavy atom. The normalized spacial score (nSPS) is 14.6. The van der Waals surface area contributed by atoms with Crippen molar-refractivity contribution < 1.29 is 4.79 Å². The molecule has 1 aromatic carbocycles. The van der Waals surface area contributed by atoms with Crippen LogP contribution in [-0.4, -0.2) is 34.9 Å². The lowest BCUT2D eigenvalue weighted by atomic mass is 9.96. The maximum Gasteiger partial charge on any atom is 0.249 e. The Balaban J connectivity index is 1.99. The lowest BCUT2D eigenvalue weighted by molar-refractivity contribution is -0.129. The summed E-state index contributed by atoms with van der Waals surface area (Å²) in [7, 11) is 3.51. The number of carbonyl (C=O) groups is 1. The average Bonchev–Trinajstić information content (AvgIpc) is 2.59. The van der Waals surface area contributed by atoms with Gasteiger partial charge in [0.05, 0.1) is 5.69 Å². The number of hydrogen-bond donors (Lipinski definition) is 2. The van der Waals surface area contributed by atoms with Crippen LogP contribution in [0.4, 0.5) is 11.8 Å². The topological polar surface area (TPSA) is 84.1 Å². The molecule has 1 amide bonds. The molecule has 1 heterocycles. The highest BCUT2D eigenvalue weighted by molar-refractivity contribution is 5.85. The van der Waals surface area contributed by atoms with Crippen molar-refractivity contribution in [2.75, 3.05) is 25.1 Å². The molecule has 0 saturated carbocycles. The van der Waals surface area contributed by atoms with Gasteiger partial charge in [-0.2, -0.15) is 4.98 Å². The first-order chi connectivity index (χ1) is 11.6. The van der Waals surface area contributed by atoms with Crippen LogP contribution in [0, 0.1) is 0 Å². The van der Waals surface area contributed by atoms with E-state index in [-0.39, 0.29) is 11.9 Å². The van der Waals surface area contributed by atoms with E-state index in [4.69, 9.17) is 5.73 Å². The first-order valence-corrected chi connectivity index (χ1v) is 8.24. The summed E-state index contributed by atoms with van der Waals surface area (Å²) >= 11 is 0. The van der Waals surface area contributed by atoms with Gasteiger partial charge in [-0.15, -0.1) is 0 Å². The first kappa shape index (κ1) is 16.2. The van der Waals surface area contributed by atoms with Gasteiger partial charge in [0, 0.05) is 19.7 Å². The lowest BCUT2D eigenvalue weighted by Crippen LogP contribution is -2.33. The quantitative estimate of drug-likeness (QED) is 0.900. The second kappa shape index (κ2) is 6.86. The standard InChI is InChI=1S/C18H23N5O/c1-23(2)17(24)15(12-8-4-3-5-9-12)21-16-13-10-6-7-11-14(13)20-18(19)22-16/h3-5,8-9,15H,6-7,10-11H2,1-2H3,(H3,19,20,21,22). The summed E-state index contributed by atoms with van der Waals surface area (Å²) in [5.74, 6) is 0.909. The zero-order valence-corrected chi connectivity index (χ0v) is 14.1. The number of nitrogens with one attached hydrogen (secondary N) is 1. The summed E-state index contributed by atoms with van der Waals surface area (Å²) in [6.07, 6.45) is 4.04. The van der Waals surface area contributed by atoms with Gasteiger partial charge in [0.15, 0.2) is 0 Å². The van der Waals surface area contributed by atoms with Crippen LogP contribution in [0.25, 0.3) is 0 Å². The number of aromatic nitrogens is 2. The fourth-order valence-electron chi connectivity index (χ4n) is 3.06. The summed E-state index contributed by atoms with van der Waals surface area (Å²) in [6, 6.07) is 9.17. The van der Waals surface area contributed by atoms with Gasteiger partial charge in [0.2, 0.25) is 11.9 Å². The predicted octanol–water partition coefficient (Wildman–Crippen LogP) is 2.18. The number of likely N-dealkylation sites (N-methyl/N-ethyl adjacent to an activating group) is 1. The minimum atomic E-state index is -0.499. The highest BCUT2D eigenvalue weighted by Gasteiger charge is 2.25. The van der Waals surface area contributed by atoms with Gasteiger partial charge in [-0.1, -0.05) is 30.3 Å². The summed E-state index contributed by atoms with van der Waals surface area (Å²) in [5, 5.41) is 3.32. The maximum atomic E-state index is 12.7. The van der Waals surface area contributed by atoms with Crippen molar-refractivity contribution in [1.82, 2.24) is 14.9 Å². The molecule has 3 N–H and O–H groups in total. The zero-order chi connectivity index (χ0) is 17.1. The van der Waals surface area contributed by atoms with Gasteiger partial charge in [0.25, 0.3) is 0 Å². The van der Waals surface area contributed by atoms with Gasteiger partial charge in [0.1, 0.15) is 11.9 Å². The molecule has 24 heavy (non-hydrogen) atoms. The number of fused-ring (bicyclic) bond motifs is 1. The second-order valence-corrected chi connectivity index (χ2v) is 6.28. The third-order valence-electron chi connectivity index (χ3n) is 4.30. The van der Waals surface area contributed by atoms with Gasteiger partial charge in [-0.3, -0.25) is 4.79 Å². The van der Waals surface area contributed by atoms with Crippen molar-refractivity contribution in [2.45, 2.75) is 31.7 Å². The Labute approximate surface area is 142 Å². The molecule has 0 spiro atoms. The van der Waals surface area contributed by atoms with Crippen molar-refractivity contribution in [2.24, 2.45) is 0 Å². The van der Waals surface area contributed by atoms with E-state index in [9.17, 15) is 4.79 Å². The van der Waals surface area contributed by atoms with Crippen LogP contribution < -0.4 is 11.1 Å². The van der Waals surface area contributed by atoms with E-state index in [0.29, 0.717) is 5.82 Å². The van der Waals surface area contributed by atoms with E-state index < -0.39 is 6.04 Å². The fraction of sp³-hybridized carbons (Fsp3) is 0.389. The number of nitrogens with zero attached hydrogens (tertiary/aromatic N) is 3. The largest absolute Gasteiger partial charge is 0.368 e. The molecule has 3 rings (SSSR count). The van der Waals surface area contributed by atoms with Crippen LogP contribution in [0.1, 0.15) is 35.7 Å². The molecule has 6 nitrogen and oxygen atoms in total. The highest BCUT2D eigenvalue weighted by atomic mass is 16.2. The second-order valence-electron chi connectivity index (χ2n) is 6.28. The van der Waals surface area contributed by atoms with E-state index in [2.05, 4.69) is 15.3 Å². The molecular formula is C18H23N5O. The Morgan fingerprint density at radius 2 is 1.88 bits per heavy atom. The SMILES string of the molecule is CN(C)C(=O)C(Nc1nc(N)nc2c1CCCC2)c1ccccc1. The maximum absolute atomic E-state index is 12.7. The number of carbonyl (C=O) groups excluding carboxylic acids is 1. The molecule has 0 saturated heterocycles. The Bertz CT molecular complexity index is 730. The molecule has 1 aliphatic rings. The zero-order valence-electron chi connectivity index (χ0n) is 14.1. The minimum Gasteiger partial charge on any atom is -0.368 e. The van der Waals surface area contributed by atoms with E-state index in [1.165, 1.54) is 0 Å². The van der Waals surface area contributed by atoms with Gasteiger partial charge >= 0.3 is 0 Å². The first-order valence-electron chi connectivity index (χ1n) is 8.24. The number of hydrogen-bond acceptors (Lipinski definition) is 5. The highest BCUT2D eigenvalue weighted by Crippen LogP contribution is 2.29. The molecule has 0 aliphatic heterocycles. The Morgan fingerprint density at radius 3 is 2.58 bits per heavy atom. The van der Waals surface area contributed by atoms with E-state index in [0.717, 1.165) is 42.5 Å². The molecule has 126 valence electrons. The third-order valence-corrected chi connectivity index (χ3v) is 4.30. The van der Waals surface area contributed by atoms with Crippen LogP contribution in [-0.2, 0) is 17.6 Å². The number of aryl methyl sites for hydroxylation is 1. The number of anilines is 2. The molecule has 0 fully saturated rings. The fourth-order valence-corrected chi connectivity index (χ4v) is 3.06. The van der Waals surface area contributed by atoms with Crippen LogP contribution in [0.2, 0.25) is 0 Å². The minimum absolute atomic E-state index is 0.0251. The Hall–Kier alpha value is -2.63. The lowest BCUT2D eigenvalue weighted by Gasteiger charge is -2.25.